The number of aliphatic hydroxyl groups excluding tert-OH is 1. The van der Waals surface area contributed by atoms with Gasteiger partial charge >= 0.3 is 0 Å². The summed E-state index contributed by atoms with van der Waals surface area (Å²) in [7, 11) is 0. The van der Waals surface area contributed by atoms with Crippen LogP contribution in [0.15, 0.2) is 24.3 Å². The predicted octanol–water partition coefficient (Wildman–Crippen LogP) is 1.15. The molecule has 0 aliphatic carbocycles. The first-order chi connectivity index (χ1) is 7.85. The second-order valence-corrected chi connectivity index (χ2v) is 4.25. The normalized spacial score (nSPS) is 22.2. The van der Waals surface area contributed by atoms with Gasteiger partial charge in [-0.3, -0.25) is 4.90 Å². The first-order valence-electron chi connectivity index (χ1n) is 5.99. The molecule has 2 rings (SSSR count). The van der Waals surface area contributed by atoms with Crippen LogP contribution in [0.3, 0.4) is 0 Å². The Hall–Kier alpha value is -0.900. The van der Waals surface area contributed by atoms with Crippen molar-refractivity contribution in [3.05, 3.63) is 35.4 Å². The van der Waals surface area contributed by atoms with Gasteiger partial charge in [0.25, 0.3) is 0 Å². The second-order valence-electron chi connectivity index (χ2n) is 4.25. The number of piperazine rings is 1. The van der Waals surface area contributed by atoms with Gasteiger partial charge in [0.15, 0.2) is 0 Å². The van der Waals surface area contributed by atoms with Crippen molar-refractivity contribution in [2.24, 2.45) is 0 Å². The fourth-order valence-electron chi connectivity index (χ4n) is 2.30. The summed E-state index contributed by atoms with van der Waals surface area (Å²) in [5.41, 5.74) is 2.32. The standard InChI is InChI=1S/C13H20N2O/c1-2-15-8-7-14-9-13(15)12-5-3-11(10-16)4-6-12/h3-6,13-14,16H,2,7-10H2,1H3. The summed E-state index contributed by atoms with van der Waals surface area (Å²) in [6.45, 7) is 6.64. The highest BCUT2D eigenvalue weighted by molar-refractivity contribution is 5.25. The number of aliphatic hydroxyl groups is 1. The maximum absolute atomic E-state index is 9.01. The van der Waals surface area contributed by atoms with Crippen LogP contribution in [-0.2, 0) is 6.61 Å². The number of benzene rings is 1. The molecule has 1 aliphatic rings. The van der Waals surface area contributed by atoms with E-state index in [1.807, 2.05) is 12.1 Å². The third-order valence-electron chi connectivity index (χ3n) is 3.31. The van der Waals surface area contributed by atoms with Crippen molar-refractivity contribution in [3.8, 4) is 0 Å². The van der Waals surface area contributed by atoms with Crippen LogP contribution >= 0.6 is 0 Å². The van der Waals surface area contributed by atoms with E-state index in [2.05, 4.69) is 29.3 Å². The molecule has 3 heteroatoms. The Morgan fingerprint density at radius 1 is 1.38 bits per heavy atom. The van der Waals surface area contributed by atoms with Crippen LogP contribution in [0.5, 0.6) is 0 Å². The molecule has 0 spiro atoms. The summed E-state index contributed by atoms with van der Waals surface area (Å²) in [5, 5.41) is 12.4. The molecular formula is C13H20N2O. The van der Waals surface area contributed by atoms with Gasteiger partial charge in [0.1, 0.15) is 0 Å². The van der Waals surface area contributed by atoms with E-state index in [9.17, 15) is 0 Å². The van der Waals surface area contributed by atoms with Crippen LogP contribution in [0, 0.1) is 0 Å². The first kappa shape index (κ1) is 11.6. The van der Waals surface area contributed by atoms with Gasteiger partial charge in [-0.2, -0.15) is 0 Å². The van der Waals surface area contributed by atoms with E-state index < -0.39 is 0 Å². The van der Waals surface area contributed by atoms with Crippen molar-refractivity contribution >= 4 is 0 Å². The zero-order valence-electron chi connectivity index (χ0n) is 9.82. The summed E-state index contributed by atoms with van der Waals surface area (Å²) < 4.78 is 0. The third-order valence-corrected chi connectivity index (χ3v) is 3.31. The third kappa shape index (κ3) is 2.43. The highest BCUT2D eigenvalue weighted by Crippen LogP contribution is 2.22. The molecule has 2 N–H and O–H groups in total. The molecule has 1 fully saturated rings. The second kappa shape index (κ2) is 5.43. The molecule has 1 atom stereocenters. The molecule has 1 aromatic carbocycles. The molecule has 1 unspecified atom stereocenters. The van der Waals surface area contributed by atoms with Crippen LogP contribution in [0.2, 0.25) is 0 Å². The van der Waals surface area contributed by atoms with Crippen molar-refractivity contribution in [1.82, 2.24) is 10.2 Å². The summed E-state index contributed by atoms with van der Waals surface area (Å²) in [6, 6.07) is 8.76. The molecule has 0 aromatic heterocycles. The van der Waals surface area contributed by atoms with Crippen LogP contribution in [0.4, 0.5) is 0 Å². The van der Waals surface area contributed by atoms with Gasteiger partial charge in [0.2, 0.25) is 0 Å². The van der Waals surface area contributed by atoms with Crippen molar-refractivity contribution < 1.29 is 5.11 Å². The highest BCUT2D eigenvalue weighted by Gasteiger charge is 2.21. The number of nitrogens with one attached hydrogen (secondary N) is 1. The minimum Gasteiger partial charge on any atom is -0.392 e. The molecule has 1 heterocycles. The SMILES string of the molecule is CCN1CCNCC1c1ccc(CO)cc1. The van der Waals surface area contributed by atoms with E-state index in [4.69, 9.17) is 5.11 Å². The summed E-state index contributed by atoms with van der Waals surface area (Å²) in [5.74, 6) is 0. The van der Waals surface area contributed by atoms with Crippen LogP contribution in [0.1, 0.15) is 24.1 Å². The van der Waals surface area contributed by atoms with Gasteiger partial charge in [-0.15, -0.1) is 0 Å². The molecule has 88 valence electrons. The maximum Gasteiger partial charge on any atom is 0.0681 e. The average Bonchev–Trinajstić information content (AvgIpc) is 2.39. The topological polar surface area (TPSA) is 35.5 Å². The van der Waals surface area contributed by atoms with Crippen LogP contribution in [-0.4, -0.2) is 36.2 Å². The largest absolute Gasteiger partial charge is 0.392 e. The Morgan fingerprint density at radius 2 is 2.12 bits per heavy atom. The monoisotopic (exact) mass is 220 g/mol. The minimum absolute atomic E-state index is 0.126. The van der Waals surface area contributed by atoms with Gasteiger partial charge in [-0.25, -0.2) is 0 Å². The molecule has 0 radical (unpaired) electrons. The maximum atomic E-state index is 9.01. The Morgan fingerprint density at radius 3 is 2.75 bits per heavy atom. The Labute approximate surface area is 97.1 Å². The predicted molar refractivity (Wildman–Crippen MR) is 65.2 cm³/mol. The van der Waals surface area contributed by atoms with Crippen molar-refractivity contribution in [3.63, 3.8) is 0 Å². The fourth-order valence-corrected chi connectivity index (χ4v) is 2.30. The highest BCUT2D eigenvalue weighted by atomic mass is 16.3. The molecule has 3 nitrogen and oxygen atoms in total. The van der Waals surface area contributed by atoms with E-state index in [-0.39, 0.29) is 6.61 Å². The van der Waals surface area contributed by atoms with E-state index in [0.717, 1.165) is 31.7 Å². The van der Waals surface area contributed by atoms with E-state index in [1.54, 1.807) is 0 Å². The molecule has 16 heavy (non-hydrogen) atoms. The minimum atomic E-state index is 0.126. The summed E-state index contributed by atoms with van der Waals surface area (Å²) in [4.78, 5) is 2.49. The molecule has 0 bridgehead atoms. The Balaban J connectivity index is 2.14. The average molecular weight is 220 g/mol. The van der Waals surface area contributed by atoms with Gasteiger partial charge in [0.05, 0.1) is 6.61 Å². The van der Waals surface area contributed by atoms with Crippen molar-refractivity contribution in [2.45, 2.75) is 19.6 Å². The van der Waals surface area contributed by atoms with Crippen molar-refractivity contribution in [1.29, 1.82) is 0 Å². The molecule has 1 aromatic rings. The zero-order chi connectivity index (χ0) is 11.4. The van der Waals surface area contributed by atoms with Gasteiger partial charge < -0.3 is 10.4 Å². The fraction of sp³-hybridized carbons (Fsp3) is 0.538. The van der Waals surface area contributed by atoms with E-state index in [0.29, 0.717) is 6.04 Å². The zero-order valence-corrected chi connectivity index (χ0v) is 9.82. The molecular weight excluding hydrogens is 200 g/mol. The number of hydrogen-bond acceptors (Lipinski definition) is 3. The first-order valence-corrected chi connectivity index (χ1v) is 5.99. The van der Waals surface area contributed by atoms with Gasteiger partial charge in [-0.1, -0.05) is 31.2 Å². The molecule has 0 amide bonds. The van der Waals surface area contributed by atoms with Gasteiger partial charge in [-0.05, 0) is 17.7 Å². The van der Waals surface area contributed by atoms with Crippen LogP contribution in [0.25, 0.3) is 0 Å². The lowest BCUT2D eigenvalue weighted by Gasteiger charge is -2.35. The van der Waals surface area contributed by atoms with E-state index >= 15 is 0 Å². The molecule has 1 saturated heterocycles. The Kier molecular flexibility index (Phi) is 3.93. The van der Waals surface area contributed by atoms with Crippen LogP contribution < -0.4 is 5.32 Å². The lowest BCUT2D eigenvalue weighted by Crippen LogP contribution is -2.45. The Bertz CT molecular complexity index is 323. The molecule has 1 aliphatic heterocycles. The summed E-state index contributed by atoms with van der Waals surface area (Å²) >= 11 is 0. The molecule has 0 saturated carbocycles. The smallest absolute Gasteiger partial charge is 0.0681 e. The lowest BCUT2D eigenvalue weighted by atomic mass is 10.0. The number of hydrogen-bond donors (Lipinski definition) is 2. The number of nitrogens with zero attached hydrogens (tertiary/aromatic N) is 1. The number of likely N-dealkylation sites (N-methyl/N-ethyl adjacent to an activating group) is 1. The van der Waals surface area contributed by atoms with E-state index in [1.165, 1.54) is 5.56 Å². The number of rotatable bonds is 3. The summed E-state index contributed by atoms with van der Waals surface area (Å²) in [6.07, 6.45) is 0. The van der Waals surface area contributed by atoms with Gasteiger partial charge in [0, 0.05) is 25.7 Å². The quantitative estimate of drug-likeness (QED) is 0.802. The lowest BCUT2D eigenvalue weighted by molar-refractivity contribution is 0.171. The van der Waals surface area contributed by atoms with Crippen molar-refractivity contribution in [2.75, 3.05) is 26.2 Å².